The third-order valence-electron chi connectivity index (χ3n) is 1.89. The third-order valence-corrected chi connectivity index (χ3v) is 4.19. The Balaban J connectivity index is 2.81. The number of hydrogen-bond acceptors (Lipinski definition) is 3. The first-order chi connectivity index (χ1) is 6.79. The Morgan fingerprint density at radius 3 is 2.21 bits per heavy atom. The molecule has 1 rings (SSSR count). The number of nitrogens with two attached hydrogens (primary N) is 1. The normalized spacial score (nSPS) is 10.8. The van der Waals surface area contributed by atoms with Gasteiger partial charge in [0.05, 0.1) is 0 Å². The Labute approximate surface area is 86.7 Å². The smallest absolute Gasteiger partial charge is 0.357 e. The first-order valence-electron chi connectivity index (χ1n) is 4.87. The van der Waals surface area contributed by atoms with Gasteiger partial charge in [0.2, 0.25) is 0 Å². The molecule has 14 heavy (non-hydrogen) atoms. The second-order valence-corrected chi connectivity index (χ2v) is 4.82. The number of benzene rings is 1. The van der Waals surface area contributed by atoms with Crippen molar-refractivity contribution < 1.29 is 8.85 Å². The minimum Gasteiger partial charge on any atom is -0.399 e. The Bertz CT molecular complexity index is 275. The van der Waals surface area contributed by atoms with Gasteiger partial charge in [-0.2, -0.15) is 0 Å². The van der Waals surface area contributed by atoms with Gasteiger partial charge in [0, 0.05) is 24.1 Å². The maximum absolute atomic E-state index is 5.86. The zero-order chi connectivity index (χ0) is 10.4. The van der Waals surface area contributed by atoms with Crippen molar-refractivity contribution in [1.82, 2.24) is 0 Å². The second-order valence-electron chi connectivity index (χ2n) is 2.87. The van der Waals surface area contributed by atoms with Crippen molar-refractivity contribution in [2.45, 2.75) is 13.8 Å². The molecule has 0 aromatic heterocycles. The van der Waals surface area contributed by atoms with Crippen LogP contribution in [0.15, 0.2) is 24.3 Å². The van der Waals surface area contributed by atoms with Gasteiger partial charge in [0.25, 0.3) is 0 Å². The molecule has 0 aliphatic rings. The predicted octanol–water partition coefficient (Wildman–Crippen LogP) is 0.769. The van der Waals surface area contributed by atoms with E-state index in [1.54, 1.807) is 0 Å². The van der Waals surface area contributed by atoms with Crippen LogP contribution in [0.3, 0.4) is 0 Å². The van der Waals surface area contributed by atoms with Gasteiger partial charge in [-0.3, -0.25) is 0 Å². The van der Waals surface area contributed by atoms with Crippen LogP contribution in [0.25, 0.3) is 0 Å². The standard InChI is InChI=1S/C10H17NO2Si/c1-3-12-14(13-4-2)10-8-6-5-7-9(10)11/h5-8,14H,3-4,11H2,1-2H3. The summed E-state index contributed by atoms with van der Waals surface area (Å²) in [5, 5.41) is 1.04. The average molecular weight is 211 g/mol. The molecule has 0 unspecified atom stereocenters. The molecular weight excluding hydrogens is 194 g/mol. The predicted molar refractivity (Wildman–Crippen MR) is 60.9 cm³/mol. The van der Waals surface area contributed by atoms with E-state index in [4.69, 9.17) is 14.6 Å². The van der Waals surface area contributed by atoms with E-state index < -0.39 is 9.28 Å². The molecule has 1 aromatic rings. The van der Waals surface area contributed by atoms with Crippen molar-refractivity contribution in [3.63, 3.8) is 0 Å². The molecule has 0 aliphatic heterocycles. The maximum Gasteiger partial charge on any atom is 0.357 e. The zero-order valence-electron chi connectivity index (χ0n) is 8.69. The molecule has 2 N–H and O–H groups in total. The van der Waals surface area contributed by atoms with Gasteiger partial charge >= 0.3 is 9.28 Å². The summed E-state index contributed by atoms with van der Waals surface area (Å²) in [6.45, 7) is 5.28. The lowest BCUT2D eigenvalue weighted by Crippen LogP contribution is -2.38. The summed E-state index contributed by atoms with van der Waals surface area (Å²) in [4.78, 5) is 0. The molecule has 0 spiro atoms. The van der Waals surface area contributed by atoms with E-state index in [9.17, 15) is 0 Å². The lowest BCUT2D eigenvalue weighted by Gasteiger charge is -2.16. The summed E-state index contributed by atoms with van der Waals surface area (Å²) in [5.74, 6) is 0. The molecule has 78 valence electrons. The van der Waals surface area contributed by atoms with Gasteiger partial charge in [-0.05, 0) is 19.9 Å². The molecule has 0 saturated carbocycles. The zero-order valence-corrected chi connectivity index (χ0v) is 9.85. The lowest BCUT2D eigenvalue weighted by atomic mass is 10.3. The minimum atomic E-state index is -1.76. The molecule has 0 bridgehead atoms. The number of nitrogen functional groups attached to an aromatic ring is 1. The fourth-order valence-electron chi connectivity index (χ4n) is 1.26. The van der Waals surface area contributed by atoms with Crippen LogP contribution in [-0.2, 0) is 8.85 Å². The maximum atomic E-state index is 5.86. The molecule has 0 atom stereocenters. The molecule has 0 radical (unpaired) electrons. The van der Waals surface area contributed by atoms with Crippen molar-refractivity contribution in [1.29, 1.82) is 0 Å². The summed E-state index contributed by atoms with van der Waals surface area (Å²) >= 11 is 0. The highest BCUT2D eigenvalue weighted by atomic mass is 28.3. The monoisotopic (exact) mass is 211 g/mol. The van der Waals surface area contributed by atoms with Crippen LogP contribution in [0.5, 0.6) is 0 Å². The number of anilines is 1. The van der Waals surface area contributed by atoms with Gasteiger partial charge in [0.1, 0.15) is 0 Å². The number of para-hydroxylation sites is 1. The van der Waals surface area contributed by atoms with Crippen LogP contribution in [0, 0.1) is 0 Å². The summed E-state index contributed by atoms with van der Waals surface area (Å²) < 4.78 is 11.2. The fraction of sp³-hybridized carbons (Fsp3) is 0.400. The van der Waals surface area contributed by atoms with Crippen LogP contribution >= 0.6 is 0 Å². The van der Waals surface area contributed by atoms with E-state index in [2.05, 4.69) is 0 Å². The van der Waals surface area contributed by atoms with Gasteiger partial charge in [0.15, 0.2) is 0 Å². The highest BCUT2D eigenvalue weighted by Crippen LogP contribution is 2.01. The summed E-state index contributed by atoms with van der Waals surface area (Å²) in [7, 11) is -1.76. The summed E-state index contributed by atoms with van der Waals surface area (Å²) in [6.07, 6.45) is 0. The highest BCUT2D eigenvalue weighted by molar-refractivity contribution is 6.63. The molecule has 3 nitrogen and oxygen atoms in total. The van der Waals surface area contributed by atoms with Crippen LogP contribution in [0.1, 0.15) is 13.8 Å². The topological polar surface area (TPSA) is 44.5 Å². The Hall–Kier alpha value is -0.843. The largest absolute Gasteiger partial charge is 0.399 e. The number of rotatable bonds is 5. The Kier molecular flexibility index (Phi) is 4.65. The average Bonchev–Trinajstić information content (AvgIpc) is 2.18. The van der Waals surface area contributed by atoms with E-state index in [0.717, 1.165) is 10.9 Å². The molecule has 0 saturated heterocycles. The van der Waals surface area contributed by atoms with Crippen molar-refractivity contribution in [2.75, 3.05) is 18.9 Å². The van der Waals surface area contributed by atoms with Crippen LogP contribution < -0.4 is 10.9 Å². The number of hydrogen-bond donors (Lipinski definition) is 1. The van der Waals surface area contributed by atoms with E-state index >= 15 is 0 Å². The Morgan fingerprint density at radius 2 is 1.71 bits per heavy atom. The van der Waals surface area contributed by atoms with Gasteiger partial charge in [-0.15, -0.1) is 0 Å². The van der Waals surface area contributed by atoms with Crippen LogP contribution in [0.2, 0.25) is 0 Å². The molecule has 0 fully saturated rings. The minimum absolute atomic E-state index is 0.672. The first-order valence-corrected chi connectivity index (χ1v) is 6.39. The third kappa shape index (κ3) is 2.83. The van der Waals surface area contributed by atoms with Crippen molar-refractivity contribution in [3.05, 3.63) is 24.3 Å². The lowest BCUT2D eigenvalue weighted by molar-refractivity contribution is 0.225. The Morgan fingerprint density at radius 1 is 1.14 bits per heavy atom. The molecule has 0 aliphatic carbocycles. The quantitative estimate of drug-likeness (QED) is 0.578. The summed E-state index contributed by atoms with van der Waals surface area (Å²) in [5.41, 5.74) is 6.63. The van der Waals surface area contributed by atoms with Gasteiger partial charge < -0.3 is 14.6 Å². The molecule has 1 aromatic carbocycles. The van der Waals surface area contributed by atoms with Crippen molar-refractivity contribution in [3.8, 4) is 0 Å². The molecular formula is C10H17NO2Si. The molecule has 4 heteroatoms. The summed E-state index contributed by atoms with van der Waals surface area (Å²) in [6, 6.07) is 7.75. The van der Waals surface area contributed by atoms with Crippen molar-refractivity contribution in [2.24, 2.45) is 0 Å². The van der Waals surface area contributed by atoms with E-state index in [1.807, 2.05) is 38.1 Å². The van der Waals surface area contributed by atoms with Crippen LogP contribution in [-0.4, -0.2) is 22.5 Å². The van der Waals surface area contributed by atoms with Gasteiger partial charge in [-0.25, -0.2) is 0 Å². The van der Waals surface area contributed by atoms with Crippen LogP contribution in [0.4, 0.5) is 5.69 Å². The fourth-order valence-corrected chi connectivity index (χ4v) is 2.95. The van der Waals surface area contributed by atoms with Crippen molar-refractivity contribution >= 4 is 20.2 Å². The first kappa shape index (κ1) is 11.2. The molecule has 0 heterocycles. The van der Waals surface area contributed by atoms with E-state index in [1.165, 1.54) is 0 Å². The van der Waals surface area contributed by atoms with E-state index in [0.29, 0.717) is 13.2 Å². The molecule has 0 amide bonds. The SMILES string of the molecule is CCO[SiH](OCC)c1ccccc1N. The van der Waals surface area contributed by atoms with E-state index in [-0.39, 0.29) is 0 Å². The second kappa shape index (κ2) is 5.80. The van der Waals surface area contributed by atoms with Gasteiger partial charge in [-0.1, -0.05) is 18.2 Å². The highest BCUT2D eigenvalue weighted by Gasteiger charge is 2.17.